The molecule has 9 heteroatoms. The van der Waals surface area contributed by atoms with Crippen molar-refractivity contribution in [3.8, 4) is 5.69 Å². The van der Waals surface area contributed by atoms with Crippen LogP contribution in [0.1, 0.15) is 16.7 Å². The molecule has 174 valence electrons. The highest BCUT2D eigenvalue weighted by molar-refractivity contribution is 5.73. The van der Waals surface area contributed by atoms with Crippen LogP contribution in [0.2, 0.25) is 0 Å². The molecule has 2 heterocycles. The lowest BCUT2D eigenvalue weighted by Gasteiger charge is -2.14. The normalized spacial score (nSPS) is 11.1. The zero-order valence-electron chi connectivity index (χ0n) is 18.9. The number of hydrogen-bond acceptors (Lipinski definition) is 5. The number of rotatable bonds is 6. The third kappa shape index (κ3) is 4.04. The van der Waals surface area contributed by atoms with Gasteiger partial charge < -0.3 is 4.57 Å². The standard InChI is InChI=1S/C26H21N5O4/c1-18-8-5-6-13-22(18)30-24-23(25(32)29(26(30)33)16-19-9-3-2-4-10-19)28(17-27-24)15-20-11-7-12-21(14-20)31(34)35/h2-14,17H,15-16H2,1H3. The maximum absolute atomic E-state index is 13.6. The molecule has 9 nitrogen and oxygen atoms in total. The first kappa shape index (κ1) is 22.0. The fourth-order valence-corrected chi connectivity index (χ4v) is 4.20. The fourth-order valence-electron chi connectivity index (χ4n) is 4.20. The summed E-state index contributed by atoms with van der Waals surface area (Å²) in [4.78, 5) is 42.5. The lowest BCUT2D eigenvalue weighted by molar-refractivity contribution is -0.384. The minimum Gasteiger partial charge on any atom is -0.320 e. The van der Waals surface area contributed by atoms with Crippen molar-refractivity contribution in [2.24, 2.45) is 0 Å². The van der Waals surface area contributed by atoms with Crippen LogP contribution >= 0.6 is 0 Å². The number of aryl methyl sites for hydroxylation is 1. The van der Waals surface area contributed by atoms with E-state index in [1.165, 1.54) is 27.6 Å². The van der Waals surface area contributed by atoms with Gasteiger partial charge in [-0.05, 0) is 29.7 Å². The molecule has 0 amide bonds. The Morgan fingerprint density at radius 3 is 2.34 bits per heavy atom. The van der Waals surface area contributed by atoms with Gasteiger partial charge in [-0.25, -0.2) is 14.3 Å². The van der Waals surface area contributed by atoms with Crippen LogP contribution in [0.15, 0.2) is 94.8 Å². The average molecular weight is 467 g/mol. The fraction of sp³-hybridized carbons (Fsp3) is 0.115. The Morgan fingerprint density at radius 1 is 0.886 bits per heavy atom. The van der Waals surface area contributed by atoms with Gasteiger partial charge in [-0.1, -0.05) is 60.7 Å². The molecule has 2 aromatic heterocycles. The van der Waals surface area contributed by atoms with Gasteiger partial charge in [0.2, 0.25) is 0 Å². The lowest BCUT2D eigenvalue weighted by Crippen LogP contribution is -2.40. The average Bonchev–Trinajstić information content (AvgIpc) is 3.27. The molecule has 0 atom stereocenters. The van der Waals surface area contributed by atoms with E-state index in [0.29, 0.717) is 11.3 Å². The molecular formula is C26H21N5O4. The number of fused-ring (bicyclic) bond motifs is 1. The van der Waals surface area contributed by atoms with Crippen LogP contribution in [0.3, 0.4) is 0 Å². The molecule has 0 radical (unpaired) electrons. The number of nitrogens with zero attached hydrogens (tertiary/aromatic N) is 5. The Balaban J connectivity index is 1.75. The van der Waals surface area contributed by atoms with Crippen LogP contribution in [0.5, 0.6) is 0 Å². The number of benzene rings is 3. The largest absolute Gasteiger partial charge is 0.337 e. The Hall–Kier alpha value is -4.79. The Morgan fingerprint density at radius 2 is 1.60 bits per heavy atom. The van der Waals surface area contributed by atoms with Crippen molar-refractivity contribution in [1.82, 2.24) is 18.7 Å². The van der Waals surface area contributed by atoms with Gasteiger partial charge in [-0.3, -0.25) is 19.5 Å². The Kier molecular flexibility index (Phi) is 5.58. The van der Waals surface area contributed by atoms with Gasteiger partial charge in [0.05, 0.1) is 23.5 Å². The zero-order valence-corrected chi connectivity index (χ0v) is 18.9. The first-order valence-corrected chi connectivity index (χ1v) is 11.0. The third-order valence-corrected chi connectivity index (χ3v) is 5.91. The van der Waals surface area contributed by atoms with E-state index in [-0.39, 0.29) is 29.9 Å². The molecule has 0 fully saturated rings. The molecule has 0 aliphatic carbocycles. The molecule has 0 aliphatic rings. The van der Waals surface area contributed by atoms with Crippen molar-refractivity contribution in [2.75, 3.05) is 0 Å². The molecule has 0 N–H and O–H groups in total. The van der Waals surface area contributed by atoms with Gasteiger partial charge in [0, 0.05) is 18.7 Å². The van der Waals surface area contributed by atoms with E-state index < -0.39 is 16.2 Å². The Labute approximate surface area is 199 Å². The van der Waals surface area contributed by atoms with Gasteiger partial charge in [0.15, 0.2) is 11.2 Å². The number of nitro groups is 1. The summed E-state index contributed by atoms with van der Waals surface area (Å²) in [6.45, 7) is 2.17. The van der Waals surface area contributed by atoms with Crippen LogP contribution in [-0.2, 0) is 13.1 Å². The zero-order chi connectivity index (χ0) is 24.5. The number of aromatic nitrogens is 4. The molecule has 0 spiro atoms. The molecule has 35 heavy (non-hydrogen) atoms. The Bertz CT molecular complexity index is 1680. The number of nitro benzene ring substituents is 1. The minimum atomic E-state index is -0.485. The van der Waals surface area contributed by atoms with Gasteiger partial charge >= 0.3 is 5.69 Å². The maximum atomic E-state index is 13.6. The smallest absolute Gasteiger partial charge is 0.320 e. The first-order valence-electron chi connectivity index (χ1n) is 11.0. The predicted octanol–water partition coefficient (Wildman–Crippen LogP) is 3.66. The molecule has 0 saturated heterocycles. The van der Waals surface area contributed by atoms with Crippen molar-refractivity contribution >= 4 is 16.9 Å². The molecule has 5 rings (SSSR count). The van der Waals surface area contributed by atoms with Gasteiger partial charge in [0.25, 0.3) is 11.2 Å². The summed E-state index contributed by atoms with van der Waals surface area (Å²) in [5, 5.41) is 11.2. The van der Waals surface area contributed by atoms with E-state index in [1.54, 1.807) is 16.7 Å². The van der Waals surface area contributed by atoms with Gasteiger partial charge in [0.1, 0.15) is 0 Å². The van der Waals surface area contributed by atoms with Crippen LogP contribution in [-0.4, -0.2) is 23.6 Å². The van der Waals surface area contributed by atoms with E-state index in [4.69, 9.17) is 0 Å². The van der Waals surface area contributed by atoms with Crippen LogP contribution in [0, 0.1) is 17.0 Å². The highest BCUT2D eigenvalue weighted by Crippen LogP contribution is 2.19. The number of imidazole rings is 1. The second-order valence-electron chi connectivity index (χ2n) is 8.25. The van der Waals surface area contributed by atoms with Crippen molar-refractivity contribution in [1.29, 1.82) is 0 Å². The van der Waals surface area contributed by atoms with E-state index in [9.17, 15) is 19.7 Å². The highest BCUT2D eigenvalue weighted by atomic mass is 16.6. The number of para-hydroxylation sites is 1. The molecule has 3 aromatic carbocycles. The molecule has 0 aliphatic heterocycles. The quantitative estimate of drug-likeness (QED) is 0.280. The van der Waals surface area contributed by atoms with Crippen molar-refractivity contribution in [3.05, 3.63) is 133 Å². The van der Waals surface area contributed by atoms with Gasteiger partial charge in [-0.2, -0.15) is 0 Å². The van der Waals surface area contributed by atoms with Crippen LogP contribution in [0.25, 0.3) is 16.9 Å². The lowest BCUT2D eigenvalue weighted by atomic mass is 10.2. The second kappa shape index (κ2) is 8.86. The van der Waals surface area contributed by atoms with Crippen molar-refractivity contribution in [3.63, 3.8) is 0 Å². The van der Waals surface area contributed by atoms with E-state index >= 15 is 0 Å². The minimum absolute atomic E-state index is 0.0368. The summed E-state index contributed by atoms with van der Waals surface area (Å²) in [7, 11) is 0. The summed E-state index contributed by atoms with van der Waals surface area (Å²) >= 11 is 0. The number of non-ortho nitro benzene ring substituents is 1. The summed E-state index contributed by atoms with van der Waals surface area (Å²) in [5.41, 5.74) is 2.43. The molecule has 0 bridgehead atoms. The molecule has 0 saturated carbocycles. The first-order chi connectivity index (χ1) is 16.9. The molecular weight excluding hydrogens is 446 g/mol. The second-order valence-corrected chi connectivity index (χ2v) is 8.25. The topological polar surface area (TPSA) is 105 Å². The summed E-state index contributed by atoms with van der Waals surface area (Å²) in [6, 6.07) is 22.9. The molecule has 5 aromatic rings. The van der Waals surface area contributed by atoms with Gasteiger partial charge in [-0.15, -0.1) is 0 Å². The summed E-state index contributed by atoms with van der Waals surface area (Å²) in [5.74, 6) is 0. The third-order valence-electron chi connectivity index (χ3n) is 5.91. The van der Waals surface area contributed by atoms with Crippen LogP contribution < -0.4 is 11.2 Å². The summed E-state index contributed by atoms with van der Waals surface area (Å²) in [6.07, 6.45) is 1.49. The van der Waals surface area contributed by atoms with E-state index in [0.717, 1.165) is 11.1 Å². The van der Waals surface area contributed by atoms with Crippen LogP contribution in [0.4, 0.5) is 5.69 Å². The summed E-state index contributed by atoms with van der Waals surface area (Å²) < 4.78 is 4.29. The van der Waals surface area contributed by atoms with E-state index in [2.05, 4.69) is 4.98 Å². The van der Waals surface area contributed by atoms with Crippen molar-refractivity contribution in [2.45, 2.75) is 20.0 Å². The monoisotopic (exact) mass is 467 g/mol. The maximum Gasteiger partial charge on any atom is 0.337 e. The predicted molar refractivity (Wildman–Crippen MR) is 132 cm³/mol. The van der Waals surface area contributed by atoms with Crippen molar-refractivity contribution < 1.29 is 4.92 Å². The number of hydrogen-bond donors (Lipinski definition) is 0. The highest BCUT2D eigenvalue weighted by Gasteiger charge is 2.20. The van der Waals surface area contributed by atoms with E-state index in [1.807, 2.05) is 61.5 Å². The SMILES string of the molecule is Cc1ccccc1-n1c(=O)n(Cc2ccccc2)c(=O)c2c1ncn2Cc1cccc([N+](=O)[O-])c1. The molecule has 0 unspecified atom stereocenters.